The molecule has 0 aromatic heterocycles. The van der Waals surface area contributed by atoms with Crippen LogP contribution in [-0.2, 0) is 22.5 Å². The van der Waals surface area contributed by atoms with Gasteiger partial charge < -0.3 is 15.0 Å². The summed E-state index contributed by atoms with van der Waals surface area (Å²) < 4.78 is 5.28. The summed E-state index contributed by atoms with van der Waals surface area (Å²) in [5.74, 6) is 0.147. The lowest BCUT2D eigenvalue weighted by Crippen LogP contribution is -2.48. The van der Waals surface area contributed by atoms with Crippen molar-refractivity contribution in [2.45, 2.75) is 25.9 Å². The van der Waals surface area contributed by atoms with Crippen LogP contribution in [-0.4, -0.2) is 43.7 Å². The predicted molar refractivity (Wildman–Crippen MR) is 74.9 cm³/mol. The van der Waals surface area contributed by atoms with Crippen molar-refractivity contribution in [3.8, 4) is 0 Å². The molecule has 104 valence electrons. The number of hydrogen-bond donors (Lipinski definition) is 1. The Kier molecular flexibility index (Phi) is 4.93. The summed E-state index contributed by atoms with van der Waals surface area (Å²) in [7, 11) is 1.84. The number of rotatable bonds is 5. The van der Waals surface area contributed by atoms with E-state index in [4.69, 9.17) is 4.74 Å². The van der Waals surface area contributed by atoms with Gasteiger partial charge in [-0.1, -0.05) is 24.3 Å². The van der Waals surface area contributed by atoms with E-state index in [0.717, 1.165) is 13.0 Å². The molecule has 0 saturated carbocycles. The van der Waals surface area contributed by atoms with Crippen LogP contribution in [0.15, 0.2) is 24.3 Å². The number of likely N-dealkylation sites (N-methyl/N-ethyl adjacent to an activating group) is 1. The maximum atomic E-state index is 12.3. The summed E-state index contributed by atoms with van der Waals surface area (Å²) in [5.41, 5.74) is 2.57. The largest absolute Gasteiger partial charge is 0.380 e. The Labute approximate surface area is 114 Å². The van der Waals surface area contributed by atoms with Gasteiger partial charge >= 0.3 is 0 Å². The van der Waals surface area contributed by atoms with Crippen molar-refractivity contribution in [1.29, 1.82) is 0 Å². The van der Waals surface area contributed by atoms with Gasteiger partial charge in [0, 0.05) is 26.7 Å². The highest BCUT2D eigenvalue weighted by molar-refractivity contribution is 5.82. The van der Waals surface area contributed by atoms with Gasteiger partial charge in [-0.25, -0.2) is 0 Å². The number of benzene rings is 1. The van der Waals surface area contributed by atoms with E-state index in [1.54, 1.807) is 4.90 Å². The molecule has 0 unspecified atom stereocenters. The second-order valence-electron chi connectivity index (χ2n) is 4.86. The van der Waals surface area contributed by atoms with Crippen LogP contribution in [0.4, 0.5) is 0 Å². The number of hydrogen-bond acceptors (Lipinski definition) is 3. The lowest BCUT2D eigenvalue weighted by atomic mass is 9.95. The van der Waals surface area contributed by atoms with Crippen molar-refractivity contribution >= 4 is 5.91 Å². The molecule has 1 aromatic rings. The number of nitrogens with one attached hydrogen (secondary N) is 1. The summed E-state index contributed by atoms with van der Waals surface area (Å²) in [6.07, 6.45) is 0.772. The number of fused-ring (bicyclic) bond motifs is 1. The number of carbonyl (C=O) groups is 1. The Morgan fingerprint density at radius 1 is 1.42 bits per heavy atom. The summed E-state index contributed by atoms with van der Waals surface area (Å²) >= 11 is 0. The van der Waals surface area contributed by atoms with Crippen LogP contribution in [0, 0.1) is 0 Å². The van der Waals surface area contributed by atoms with Gasteiger partial charge in [-0.05, 0) is 24.5 Å². The fraction of sp³-hybridized carbons (Fsp3) is 0.533. The molecule has 1 N–H and O–H groups in total. The topological polar surface area (TPSA) is 41.6 Å². The third-order valence-corrected chi connectivity index (χ3v) is 3.53. The lowest BCUT2D eigenvalue weighted by Gasteiger charge is -2.29. The molecule has 2 rings (SSSR count). The van der Waals surface area contributed by atoms with E-state index >= 15 is 0 Å². The first kappa shape index (κ1) is 14.0. The van der Waals surface area contributed by atoms with Gasteiger partial charge in [0.2, 0.25) is 5.91 Å². The summed E-state index contributed by atoms with van der Waals surface area (Å²) in [6, 6.07) is 8.18. The zero-order valence-electron chi connectivity index (χ0n) is 11.7. The fourth-order valence-corrected chi connectivity index (χ4v) is 2.35. The maximum Gasteiger partial charge on any atom is 0.239 e. The number of amides is 1. The first-order valence-corrected chi connectivity index (χ1v) is 6.85. The Morgan fingerprint density at radius 3 is 2.89 bits per heavy atom. The molecule has 0 aliphatic carbocycles. The summed E-state index contributed by atoms with van der Waals surface area (Å²) in [5, 5.41) is 3.31. The highest BCUT2D eigenvalue weighted by Crippen LogP contribution is 2.17. The normalized spacial score (nSPS) is 17.9. The van der Waals surface area contributed by atoms with Crippen LogP contribution < -0.4 is 5.32 Å². The predicted octanol–water partition coefficient (Wildman–Crippen LogP) is 1.20. The smallest absolute Gasteiger partial charge is 0.239 e. The average Bonchev–Trinajstić information content (AvgIpc) is 2.46. The van der Waals surface area contributed by atoms with Crippen LogP contribution in [0.5, 0.6) is 0 Å². The summed E-state index contributed by atoms with van der Waals surface area (Å²) in [6.45, 7) is 4.67. The highest BCUT2D eigenvalue weighted by Gasteiger charge is 2.25. The third kappa shape index (κ3) is 3.55. The molecular weight excluding hydrogens is 240 g/mol. The zero-order chi connectivity index (χ0) is 13.7. The maximum absolute atomic E-state index is 12.3. The minimum Gasteiger partial charge on any atom is -0.380 e. The average molecular weight is 262 g/mol. The van der Waals surface area contributed by atoms with Crippen molar-refractivity contribution in [3.05, 3.63) is 35.4 Å². The molecule has 1 atom stereocenters. The van der Waals surface area contributed by atoms with E-state index in [1.807, 2.05) is 26.1 Å². The van der Waals surface area contributed by atoms with E-state index < -0.39 is 0 Å². The zero-order valence-corrected chi connectivity index (χ0v) is 11.7. The number of carbonyl (C=O) groups excluding carboxylic acids is 1. The van der Waals surface area contributed by atoms with Gasteiger partial charge in [-0.15, -0.1) is 0 Å². The van der Waals surface area contributed by atoms with E-state index in [1.165, 1.54) is 11.1 Å². The van der Waals surface area contributed by atoms with Crippen LogP contribution in [0.25, 0.3) is 0 Å². The molecule has 0 spiro atoms. The lowest BCUT2D eigenvalue weighted by molar-refractivity contribution is -0.133. The van der Waals surface area contributed by atoms with Crippen molar-refractivity contribution in [3.63, 3.8) is 0 Å². The minimum atomic E-state index is -0.110. The molecule has 1 amide bonds. The minimum absolute atomic E-state index is 0.110. The SMILES string of the molecule is CCOCCN(C)C(=O)[C@H]1Cc2ccccc2CN1. The Hall–Kier alpha value is -1.39. The van der Waals surface area contributed by atoms with Crippen molar-refractivity contribution in [2.24, 2.45) is 0 Å². The van der Waals surface area contributed by atoms with Gasteiger partial charge in [0.25, 0.3) is 0 Å². The van der Waals surface area contributed by atoms with Crippen molar-refractivity contribution < 1.29 is 9.53 Å². The number of ether oxygens (including phenoxy) is 1. The molecule has 0 fully saturated rings. The number of nitrogens with zero attached hydrogens (tertiary/aromatic N) is 1. The third-order valence-electron chi connectivity index (χ3n) is 3.53. The highest BCUT2D eigenvalue weighted by atomic mass is 16.5. The van der Waals surface area contributed by atoms with Crippen LogP contribution in [0.3, 0.4) is 0 Å². The van der Waals surface area contributed by atoms with E-state index in [2.05, 4.69) is 17.4 Å². The van der Waals surface area contributed by atoms with Crippen LogP contribution in [0.2, 0.25) is 0 Å². The summed E-state index contributed by atoms with van der Waals surface area (Å²) in [4.78, 5) is 14.1. The second kappa shape index (κ2) is 6.68. The molecule has 0 radical (unpaired) electrons. The van der Waals surface area contributed by atoms with Gasteiger partial charge in [-0.3, -0.25) is 4.79 Å². The van der Waals surface area contributed by atoms with Gasteiger partial charge in [0.15, 0.2) is 0 Å². The van der Waals surface area contributed by atoms with Crippen LogP contribution >= 0.6 is 0 Å². The quantitative estimate of drug-likeness (QED) is 0.811. The van der Waals surface area contributed by atoms with Crippen LogP contribution in [0.1, 0.15) is 18.1 Å². The first-order chi connectivity index (χ1) is 9.22. The Morgan fingerprint density at radius 2 is 2.16 bits per heavy atom. The molecule has 4 nitrogen and oxygen atoms in total. The monoisotopic (exact) mass is 262 g/mol. The van der Waals surface area contributed by atoms with E-state index in [-0.39, 0.29) is 11.9 Å². The molecule has 19 heavy (non-hydrogen) atoms. The molecule has 1 aliphatic heterocycles. The van der Waals surface area contributed by atoms with Gasteiger partial charge in [-0.2, -0.15) is 0 Å². The molecule has 0 saturated heterocycles. The fourth-order valence-electron chi connectivity index (χ4n) is 2.35. The van der Waals surface area contributed by atoms with E-state index in [0.29, 0.717) is 19.8 Å². The van der Waals surface area contributed by atoms with Crippen molar-refractivity contribution in [2.75, 3.05) is 26.8 Å². The molecule has 4 heteroatoms. The van der Waals surface area contributed by atoms with Crippen molar-refractivity contribution in [1.82, 2.24) is 10.2 Å². The standard InChI is InChI=1S/C15H22N2O2/c1-3-19-9-8-17(2)15(18)14-10-12-6-4-5-7-13(12)11-16-14/h4-7,14,16H,3,8-11H2,1-2H3/t14-/m1/s1. The molecule has 1 heterocycles. The second-order valence-corrected chi connectivity index (χ2v) is 4.86. The molecule has 1 aliphatic rings. The molecule has 0 bridgehead atoms. The molecular formula is C15H22N2O2. The van der Waals surface area contributed by atoms with Gasteiger partial charge in [0.05, 0.1) is 12.6 Å². The Balaban J connectivity index is 1.91. The molecule has 1 aromatic carbocycles. The first-order valence-electron chi connectivity index (χ1n) is 6.85. The van der Waals surface area contributed by atoms with E-state index in [9.17, 15) is 4.79 Å². The Bertz CT molecular complexity index is 434. The van der Waals surface area contributed by atoms with Gasteiger partial charge in [0.1, 0.15) is 0 Å².